The monoisotopic (exact) mass is 245 g/mol. The van der Waals surface area contributed by atoms with Gasteiger partial charge in [-0.2, -0.15) is 0 Å². The van der Waals surface area contributed by atoms with Gasteiger partial charge in [-0.25, -0.2) is 0 Å². The third-order valence-electron chi connectivity index (χ3n) is 3.98. The van der Waals surface area contributed by atoms with Gasteiger partial charge in [-0.15, -0.1) is 0 Å². The molecule has 1 aromatic carbocycles. The fourth-order valence-corrected chi connectivity index (χ4v) is 3.83. The van der Waals surface area contributed by atoms with E-state index in [4.69, 9.17) is 0 Å². The summed E-state index contributed by atoms with van der Waals surface area (Å²) >= 11 is 0. The van der Waals surface area contributed by atoms with Crippen LogP contribution in [0.25, 0.3) is 0 Å². The second kappa shape index (κ2) is 4.60. The average molecular weight is 245 g/mol. The lowest BCUT2D eigenvalue weighted by Crippen LogP contribution is -2.40. The molecule has 0 radical (unpaired) electrons. The first kappa shape index (κ1) is 13.5. The molecule has 0 unspecified atom stereocenters. The summed E-state index contributed by atoms with van der Waals surface area (Å²) in [5, 5.41) is 3.72. The zero-order valence-corrected chi connectivity index (χ0v) is 12.5. The smallest absolute Gasteiger partial charge is 0.0342 e. The Bertz CT molecular complexity index is 384. The molecule has 0 spiro atoms. The quantitative estimate of drug-likeness (QED) is 0.772. The molecule has 0 bridgehead atoms. The first-order chi connectivity index (χ1) is 8.26. The molecule has 1 aliphatic carbocycles. The summed E-state index contributed by atoms with van der Waals surface area (Å²) in [6.07, 6.45) is 3.86. The van der Waals surface area contributed by atoms with E-state index in [1.165, 1.54) is 30.5 Å². The van der Waals surface area contributed by atoms with Gasteiger partial charge in [0.2, 0.25) is 0 Å². The number of aryl methyl sites for hydroxylation is 1. The van der Waals surface area contributed by atoms with Crippen molar-refractivity contribution in [3.63, 3.8) is 0 Å². The fourth-order valence-electron chi connectivity index (χ4n) is 3.83. The molecule has 0 aromatic heterocycles. The third kappa shape index (κ3) is 3.51. The van der Waals surface area contributed by atoms with Crippen LogP contribution in [-0.4, -0.2) is 6.04 Å². The van der Waals surface area contributed by atoms with Gasteiger partial charge in [0.05, 0.1) is 0 Å². The highest BCUT2D eigenvalue weighted by Gasteiger charge is 2.38. The molecule has 1 nitrogen and oxygen atoms in total. The van der Waals surface area contributed by atoms with E-state index in [-0.39, 0.29) is 0 Å². The highest BCUT2D eigenvalue weighted by Crippen LogP contribution is 2.46. The van der Waals surface area contributed by atoms with Crippen LogP contribution in [0, 0.1) is 17.8 Å². The molecule has 0 aliphatic heterocycles. The Hall–Kier alpha value is -0.980. The number of nitrogens with one attached hydrogen (secondary N) is 1. The zero-order chi connectivity index (χ0) is 13.4. The molecule has 0 heterocycles. The van der Waals surface area contributed by atoms with Gasteiger partial charge in [-0.05, 0) is 49.1 Å². The van der Waals surface area contributed by atoms with E-state index in [0.717, 1.165) is 0 Å². The van der Waals surface area contributed by atoms with Gasteiger partial charge in [0.1, 0.15) is 0 Å². The molecule has 0 amide bonds. The lowest BCUT2D eigenvalue weighted by atomic mass is 9.63. The molecule has 1 N–H and O–H groups in total. The summed E-state index contributed by atoms with van der Waals surface area (Å²) in [5.74, 6) is 0. The number of benzene rings is 1. The van der Waals surface area contributed by atoms with Crippen LogP contribution in [0.3, 0.4) is 0 Å². The minimum Gasteiger partial charge on any atom is -0.382 e. The van der Waals surface area contributed by atoms with Crippen LogP contribution < -0.4 is 5.32 Å². The van der Waals surface area contributed by atoms with Gasteiger partial charge in [0.25, 0.3) is 0 Å². The van der Waals surface area contributed by atoms with Crippen LogP contribution in [0.5, 0.6) is 0 Å². The van der Waals surface area contributed by atoms with E-state index in [1.807, 2.05) is 0 Å². The number of hydrogen-bond donors (Lipinski definition) is 1. The lowest BCUT2D eigenvalue weighted by molar-refractivity contribution is 0.105. The molecule has 1 fully saturated rings. The van der Waals surface area contributed by atoms with Crippen LogP contribution in [0.2, 0.25) is 0 Å². The van der Waals surface area contributed by atoms with Gasteiger partial charge >= 0.3 is 0 Å². The second-order valence-corrected chi connectivity index (χ2v) is 7.62. The van der Waals surface area contributed by atoms with Gasteiger partial charge in [-0.3, -0.25) is 0 Å². The summed E-state index contributed by atoms with van der Waals surface area (Å²) in [5.41, 5.74) is 3.48. The van der Waals surface area contributed by atoms with Gasteiger partial charge in [0, 0.05) is 11.7 Å². The number of hydrogen-bond acceptors (Lipinski definition) is 1. The van der Waals surface area contributed by atoms with E-state index in [9.17, 15) is 0 Å². The van der Waals surface area contributed by atoms with E-state index in [2.05, 4.69) is 64.2 Å². The molecule has 1 aromatic rings. The molecule has 18 heavy (non-hydrogen) atoms. The standard InChI is InChI=1S/C17H27N/c1-13-6-8-14(9-7-13)18-15-10-16(2,3)12-17(4,5)11-15/h6-9,15,18H,10-12H2,1-5H3. The molecule has 2 rings (SSSR count). The largest absolute Gasteiger partial charge is 0.382 e. The number of anilines is 1. The van der Waals surface area contributed by atoms with Crippen molar-refractivity contribution >= 4 is 5.69 Å². The SMILES string of the molecule is Cc1ccc(NC2CC(C)(C)CC(C)(C)C2)cc1. The summed E-state index contributed by atoms with van der Waals surface area (Å²) in [6.45, 7) is 11.7. The highest BCUT2D eigenvalue weighted by atomic mass is 14.9. The van der Waals surface area contributed by atoms with Crippen LogP contribution in [0.15, 0.2) is 24.3 Å². The Morgan fingerprint density at radius 1 is 0.944 bits per heavy atom. The summed E-state index contributed by atoms with van der Waals surface area (Å²) in [7, 11) is 0. The van der Waals surface area contributed by atoms with Crippen molar-refractivity contribution in [1.29, 1.82) is 0 Å². The molecule has 0 saturated heterocycles. The van der Waals surface area contributed by atoms with Crippen molar-refractivity contribution < 1.29 is 0 Å². The Morgan fingerprint density at radius 2 is 1.44 bits per heavy atom. The molecule has 1 saturated carbocycles. The fraction of sp³-hybridized carbons (Fsp3) is 0.647. The van der Waals surface area contributed by atoms with Gasteiger partial charge in [0.15, 0.2) is 0 Å². The minimum atomic E-state index is 0.449. The molecule has 1 aliphatic rings. The molecular formula is C17H27N. The van der Waals surface area contributed by atoms with Crippen molar-refractivity contribution in [2.45, 2.75) is 59.9 Å². The van der Waals surface area contributed by atoms with Crippen LogP contribution in [0.4, 0.5) is 5.69 Å². The van der Waals surface area contributed by atoms with E-state index >= 15 is 0 Å². The third-order valence-corrected chi connectivity index (χ3v) is 3.98. The van der Waals surface area contributed by atoms with Crippen molar-refractivity contribution in [1.82, 2.24) is 0 Å². The highest BCUT2D eigenvalue weighted by molar-refractivity contribution is 5.45. The lowest BCUT2D eigenvalue weighted by Gasteiger charge is -2.45. The summed E-state index contributed by atoms with van der Waals surface area (Å²) in [6, 6.07) is 9.36. The van der Waals surface area contributed by atoms with Crippen molar-refractivity contribution in [2.75, 3.05) is 5.32 Å². The van der Waals surface area contributed by atoms with Crippen molar-refractivity contribution in [2.24, 2.45) is 10.8 Å². The van der Waals surface area contributed by atoms with E-state index in [0.29, 0.717) is 16.9 Å². The Labute approximate surface area is 112 Å². The molecule has 0 atom stereocenters. The Kier molecular flexibility index (Phi) is 3.44. The number of rotatable bonds is 2. The second-order valence-electron chi connectivity index (χ2n) is 7.62. The summed E-state index contributed by atoms with van der Waals surface area (Å²) in [4.78, 5) is 0. The van der Waals surface area contributed by atoms with Crippen LogP contribution in [0.1, 0.15) is 52.5 Å². The minimum absolute atomic E-state index is 0.449. The van der Waals surface area contributed by atoms with E-state index in [1.54, 1.807) is 0 Å². The Morgan fingerprint density at radius 3 is 1.94 bits per heavy atom. The normalized spacial score (nSPS) is 22.7. The predicted molar refractivity (Wildman–Crippen MR) is 80.0 cm³/mol. The van der Waals surface area contributed by atoms with Crippen LogP contribution in [-0.2, 0) is 0 Å². The van der Waals surface area contributed by atoms with Gasteiger partial charge < -0.3 is 5.32 Å². The van der Waals surface area contributed by atoms with Crippen LogP contribution >= 0.6 is 0 Å². The van der Waals surface area contributed by atoms with Crippen molar-refractivity contribution in [3.8, 4) is 0 Å². The molecule has 1 heteroatoms. The maximum atomic E-state index is 3.72. The first-order valence-electron chi connectivity index (χ1n) is 7.09. The topological polar surface area (TPSA) is 12.0 Å². The summed E-state index contributed by atoms with van der Waals surface area (Å²) < 4.78 is 0. The van der Waals surface area contributed by atoms with Gasteiger partial charge in [-0.1, -0.05) is 45.4 Å². The maximum absolute atomic E-state index is 3.72. The first-order valence-corrected chi connectivity index (χ1v) is 7.09. The average Bonchev–Trinajstić information content (AvgIpc) is 2.16. The maximum Gasteiger partial charge on any atom is 0.0342 e. The zero-order valence-electron chi connectivity index (χ0n) is 12.5. The predicted octanol–water partition coefficient (Wildman–Crippen LogP) is 5.01. The van der Waals surface area contributed by atoms with E-state index < -0.39 is 0 Å². The Balaban J connectivity index is 2.07. The molecular weight excluding hydrogens is 218 g/mol. The molecule has 100 valence electrons. The van der Waals surface area contributed by atoms with Crippen molar-refractivity contribution in [3.05, 3.63) is 29.8 Å².